The SMILES string of the molecule is Cc1[nH]c2ccccc2c1C(=O)COC(=O)CCCN1C(=O)NC(C)(C)C1=O. The number of carbonyl (C=O) groups is 4. The van der Waals surface area contributed by atoms with Crippen molar-refractivity contribution >= 4 is 34.6 Å². The fraction of sp³-hybridized carbons (Fsp3) is 0.400. The average molecular weight is 385 g/mol. The minimum atomic E-state index is -0.929. The Morgan fingerprint density at radius 3 is 2.57 bits per heavy atom. The van der Waals surface area contributed by atoms with Crippen LogP contribution < -0.4 is 5.32 Å². The van der Waals surface area contributed by atoms with Crippen LogP contribution in [0.25, 0.3) is 10.9 Å². The third-order valence-corrected chi connectivity index (χ3v) is 4.74. The van der Waals surface area contributed by atoms with Gasteiger partial charge in [0.2, 0.25) is 5.78 Å². The Bertz CT molecular complexity index is 960. The summed E-state index contributed by atoms with van der Waals surface area (Å²) in [5, 5.41) is 3.37. The van der Waals surface area contributed by atoms with Gasteiger partial charge in [0, 0.05) is 35.1 Å². The highest BCUT2D eigenvalue weighted by molar-refractivity contribution is 6.10. The number of urea groups is 1. The molecule has 0 atom stereocenters. The number of amides is 3. The number of fused-ring (bicyclic) bond motifs is 1. The molecular formula is C20H23N3O5. The van der Waals surface area contributed by atoms with Gasteiger partial charge in [-0.3, -0.25) is 19.3 Å². The van der Waals surface area contributed by atoms with E-state index in [1.54, 1.807) is 20.8 Å². The Balaban J connectivity index is 1.49. The number of aromatic amines is 1. The predicted octanol–water partition coefficient (Wildman–Crippen LogP) is 2.31. The quantitative estimate of drug-likeness (QED) is 0.432. The van der Waals surface area contributed by atoms with E-state index in [0.29, 0.717) is 5.56 Å². The monoisotopic (exact) mass is 385 g/mol. The van der Waals surface area contributed by atoms with Gasteiger partial charge in [0.15, 0.2) is 6.61 Å². The van der Waals surface area contributed by atoms with Crippen LogP contribution in [-0.2, 0) is 14.3 Å². The summed E-state index contributed by atoms with van der Waals surface area (Å²) >= 11 is 0. The van der Waals surface area contributed by atoms with E-state index in [9.17, 15) is 19.2 Å². The molecule has 1 saturated heterocycles. The number of Topliss-reactive ketones (excluding diaryl/α,β-unsaturated/α-hetero) is 1. The molecular weight excluding hydrogens is 362 g/mol. The molecule has 0 aliphatic carbocycles. The van der Waals surface area contributed by atoms with Gasteiger partial charge in [-0.05, 0) is 33.3 Å². The molecule has 1 fully saturated rings. The molecule has 1 aliphatic heterocycles. The maximum Gasteiger partial charge on any atom is 0.325 e. The molecule has 0 radical (unpaired) electrons. The van der Waals surface area contributed by atoms with Gasteiger partial charge in [-0.1, -0.05) is 18.2 Å². The van der Waals surface area contributed by atoms with Gasteiger partial charge in [0.05, 0.1) is 0 Å². The zero-order valence-electron chi connectivity index (χ0n) is 16.1. The van der Waals surface area contributed by atoms with E-state index in [1.165, 1.54) is 0 Å². The van der Waals surface area contributed by atoms with Crippen molar-refractivity contribution in [2.75, 3.05) is 13.2 Å². The van der Waals surface area contributed by atoms with Gasteiger partial charge in [-0.25, -0.2) is 4.79 Å². The average Bonchev–Trinajstić information content (AvgIpc) is 3.06. The number of ketones is 1. The van der Waals surface area contributed by atoms with Crippen LogP contribution in [0.4, 0.5) is 4.79 Å². The second-order valence-electron chi connectivity index (χ2n) is 7.37. The number of aryl methyl sites for hydroxylation is 1. The van der Waals surface area contributed by atoms with Crippen LogP contribution >= 0.6 is 0 Å². The molecule has 8 heteroatoms. The minimum absolute atomic E-state index is 0.0115. The largest absolute Gasteiger partial charge is 0.457 e. The first-order valence-electron chi connectivity index (χ1n) is 9.11. The molecule has 28 heavy (non-hydrogen) atoms. The summed E-state index contributed by atoms with van der Waals surface area (Å²) in [4.78, 5) is 52.5. The first kappa shape index (κ1) is 19.6. The molecule has 1 aliphatic rings. The van der Waals surface area contributed by atoms with Crippen LogP contribution in [0.15, 0.2) is 24.3 Å². The van der Waals surface area contributed by atoms with Crippen molar-refractivity contribution in [3.8, 4) is 0 Å². The second kappa shape index (κ2) is 7.46. The number of nitrogens with one attached hydrogen (secondary N) is 2. The Labute approximate surface area is 162 Å². The topological polar surface area (TPSA) is 109 Å². The first-order valence-corrected chi connectivity index (χ1v) is 9.11. The molecule has 2 N–H and O–H groups in total. The van der Waals surface area contributed by atoms with Crippen molar-refractivity contribution in [1.29, 1.82) is 0 Å². The van der Waals surface area contributed by atoms with E-state index >= 15 is 0 Å². The van der Waals surface area contributed by atoms with E-state index in [0.717, 1.165) is 21.5 Å². The molecule has 0 bridgehead atoms. The Kier molecular flexibility index (Phi) is 5.22. The zero-order valence-corrected chi connectivity index (χ0v) is 16.1. The van der Waals surface area contributed by atoms with Gasteiger partial charge < -0.3 is 15.0 Å². The number of benzene rings is 1. The van der Waals surface area contributed by atoms with Crippen LogP contribution in [0.1, 0.15) is 42.7 Å². The summed E-state index contributed by atoms with van der Waals surface area (Å²) in [5.74, 6) is -1.15. The zero-order chi connectivity index (χ0) is 20.5. The smallest absolute Gasteiger partial charge is 0.325 e. The van der Waals surface area contributed by atoms with Crippen LogP contribution in [0.2, 0.25) is 0 Å². The number of ether oxygens (including phenoxy) is 1. The highest BCUT2D eigenvalue weighted by Gasteiger charge is 2.43. The third kappa shape index (κ3) is 3.76. The molecule has 1 aromatic carbocycles. The molecule has 0 unspecified atom stereocenters. The number of esters is 1. The molecule has 0 saturated carbocycles. The Morgan fingerprint density at radius 2 is 1.89 bits per heavy atom. The van der Waals surface area contributed by atoms with E-state index in [-0.39, 0.29) is 37.7 Å². The van der Waals surface area contributed by atoms with Crippen molar-refractivity contribution in [3.63, 3.8) is 0 Å². The molecule has 8 nitrogen and oxygen atoms in total. The van der Waals surface area contributed by atoms with E-state index < -0.39 is 17.5 Å². The summed E-state index contributed by atoms with van der Waals surface area (Å²) < 4.78 is 5.08. The van der Waals surface area contributed by atoms with E-state index in [2.05, 4.69) is 10.3 Å². The number of hydrogen-bond acceptors (Lipinski definition) is 5. The van der Waals surface area contributed by atoms with E-state index in [4.69, 9.17) is 4.74 Å². The van der Waals surface area contributed by atoms with Crippen molar-refractivity contribution in [1.82, 2.24) is 15.2 Å². The van der Waals surface area contributed by atoms with Crippen molar-refractivity contribution in [2.45, 2.75) is 39.2 Å². The van der Waals surface area contributed by atoms with Gasteiger partial charge in [-0.15, -0.1) is 0 Å². The summed E-state index contributed by atoms with van der Waals surface area (Å²) in [5.41, 5.74) is 1.17. The lowest BCUT2D eigenvalue weighted by Crippen LogP contribution is -2.40. The van der Waals surface area contributed by atoms with Crippen molar-refractivity contribution in [3.05, 3.63) is 35.5 Å². The predicted molar refractivity (Wildman–Crippen MR) is 102 cm³/mol. The second-order valence-corrected chi connectivity index (χ2v) is 7.37. The number of imide groups is 1. The lowest BCUT2D eigenvalue weighted by molar-refractivity contribution is -0.143. The summed E-state index contributed by atoms with van der Waals surface area (Å²) in [7, 11) is 0. The number of para-hydroxylation sites is 1. The van der Waals surface area contributed by atoms with E-state index in [1.807, 2.05) is 24.3 Å². The molecule has 3 amide bonds. The molecule has 0 spiro atoms. The number of H-pyrrole nitrogens is 1. The molecule has 3 rings (SSSR count). The van der Waals surface area contributed by atoms with Gasteiger partial charge in [-0.2, -0.15) is 0 Å². The lowest BCUT2D eigenvalue weighted by Gasteiger charge is -2.15. The molecule has 2 heterocycles. The number of carbonyl (C=O) groups excluding carboxylic acids is 4. The molecule has 148 valence electrons. The molecule has 2 aromatic rings. The van der Waals surface area contributed by atoms with Gasteiger partial charge in [0.25, 0.3) is 5.91 Å². The van der Waals surface area contributed by atoms with Crippen molar-refractivity contribution in [2.24, 2.45) is 0 Å². The summed E-state index contributed by atoms with van der Waals surface area (Å²) in [6, 6.07) is 6.97. The fourth-order valence-corrected chi connectivity index (χ4v) is 3.33. The molecule has 1 aromatic heterocycles. The summed E-state index contributed by atoms with van der Waals surface area (Å²) in [6.45, 7) is 4.82. The third-order valence-electron chi connectivity index (χ3n) is 4.74. The van der Waals surface area contributed by atoms with Gasteiger partial charge in [0.1, 0.15) is 5.54 Å². The lowest BCUT2D eigenvalue weighted by atomic mass is 10.1. The Morgan fingerprint density at radius 1 is 1.18 bits per heavy atom. The highest BCUT2D eigenvalue weighted by Crippen LogP contribution is 2.22. The fourth-order valence-electron chi connectivity index (χ4n) is 3.33. The standard InChI is InChI=1S/C20H23N3O5/c1-12-17(13-7-4-5-8-14(13)21-12)15(24)11-28-16(25)9-6-10-23-18(26)20(2,3)22-19(23)27/h4-5,7-8,21H,6,9-11H2,1-3H3,(H,22,27). The van der Waals surface area contributed by atoms with Crippen LogP contribution in [0.5, 0.6) is 0 Å². The van der Waals surface area contributed by atoms with Crippen LogP contribution in [-0.4, -0.2) is 52.3 Å². The normalized spacial score (nSPS) is 15.8. The van der Waals surface area contributed by atoms with Crippen LogP contribution in [0, 0.1) is 6.92 Å². The first-order chi connectivity index (χ1) is 13.2. The number of aromatic nitrogens is 1. The summed E-state index contributed by atoms with van der Waals surface area (Å²) in [6.07, 6.45) is 0.284. The van der Waals surface area contributed by atoms with Crippen molar-refractivity contribution < 1.29 is 23.9 Å². The Hall–Kier alpha value is -3.16. The maximum absolute atomic E-state index is 12.5. The van der Waals surface area contributed by atoms with Crippen LogP contribution in [0.3, 0.4) is 0 Å². The number of hydrogen-bond donors (Lipinski definition) is 2. The number of nitrogens with zero attached hydrogens (tertiary/aromatic N) is 1. The number of rotatable bonds is 7. The maximum atomic E-state index is 12.5. The highest BCUT2D eigenvalue weighted by atomic mass is 16.5. The van der Waals surface area contributed by atoms with Gasteiger partial charge >= 0.3 is 12.0 Å². The minimum Gasteiger partial charge on any atom is -0.457 e.